The number of hydrogen-bond donors (Lipinski definition) is 2. The molecule has 0 aromatic heterocycles. The molecular formula is C30H44N6O10. The Kier molecular flexibility index (Phi) is 12.2. The van der Waals surface area contributed by atoms with Crippen molar-refractivity contribution in [1.82, 2.24) is 29.4 Å². The fourth-order valence-electron chi connectivity index (χ4n) is 4.60. The van der Waals surface area contributed by atoms with Crippen LogP contribution in [0.4, 0.5) is 19.2 Å². The lowest BCUT2D eigenvalue weighted by molar-refractivity contribution is -0.641. The van der Waals surface area contributed by atoms with Gasteiger partial charge in [0.25, 0.3) is 0 Å². The van der Waals surface area contributed by atoms with Crippen molar-refractivity contribution in [2.45, 2.75) is 53.6 Å². The average Bonchev–Trinajstić information content (AvgIpc) is 2.94. The van der Waals surface area contributed by atoms with Gasteiger partial charge in [-0.1, -0.05) is 72.9 Å². The van der Waals surface area contributed by atoms with Crippen molar-refractivity contribution in [2.24, 2.45) is 0 Å². The molecular weight excluding hydrogens is 604 g/mol. The zero-order valence-corrected chi connectivity index (χ0v) is 27.3. The third-order valence-electron chi connectivity index (χ3n) is 6.28. The Bertz CT molecular complexity index is 1170. The molecule has 16 nitrogen and oxygen atoms in total. The van der Waals surface area contributed by atoms with Crippen LogP contribution in [0.3, 0.4) is 0 Å². The van der Waals surface area contributed by atoms with Crippen molar-refractivity contribution in [2.75, 3.05) is 39.3 Å². The van der Waals surface area contributed by atoms with E-state index in [0.29, 0.717) is 33.4 Å². The topological polar surface area (TPSA) is 165 Å². The van der Waals surface area contributed by atoms with E-state index in [2.05, 4.69) is 39.5 Å². The van der Waals surface area contributed by atoms with Crippen LogP contribution in [0.2, 0.25) is 0 Å². The molecule has 0 atom stereocenters. The lowest BCUT2D eigenvalue weighted by Gasteiger charge is -2.54. The first-order valence-corrected chi connectivity index (χ1v) is 14.0. The molecule has 0 saturated carbocycles. The summed E-state index contributed by atoms with van der Waals surface area (Å²) in [6.45, 7) is 30.2. The summed E-state index contributed by atoms with van der Waals surface area (Å²) in [5.74, 6) is 0. The first kappa shape index (κ1) is 37.9. The predicted octanol–water partition coefficient (Wildman–Crippen LogP) is 4.91. The van der Waals surface area contributed by atoms with Crippen LogP contribution < -0.4 is 0 Å². The number of carbonyl (C=O) groups excluding carboxylic acids is 4. The van der Waals surface area contributed by atoms with Gasteiger partial charge < -0.3 is 0 Å². The molecule has 254 valence electrons. The van der Waals surface area contributed by atoms with E-state index in [1.165, 1.54) is 0 Å². The number of rotatable bonds is 17. The van der Waals surface area contributed by atoms with Gasteiger partial charge in [-0.15, -0.1) is 9.78 Å². The first-order chi connectivity index (χ1) is 21.3. The zero-order chi connectivity index (χ0) is 35.3. The molecule has 16 heteroatoms. The fourth-order valence-corrected chi connectivity index (χ4v) is 4.60. The highest BCUT2D eigenvalue weighted by Gasteiger charge is 2.65. The molecule has 0 bridgehead atoms. The number of urea groups is 4. The third kappa shape index (κ3) is 7.55. The van der Waals surface area contributed by atoms with E-state index < -0.39 is 36.2 Å². The number of nitrogens with zero attached hydrogens (tertiary/aromatic N) is 6. The Balaban J connectivity index is 2.87. The van der Waals surface area contributed by atoms with Gasteiger partial charge >= 0.3 is 36.2 Å². The first-order valence-electron chi connectivity index (χ1n) is 14.0. The van der Waals surface area contributed by atoms with E-state index >= 15 is 0 Å². The van der Waals surface area contributed by atoms with Gasteiger partial charge in [0, 0.05) is 0 Å². The van der Waals surface area contributed by atoms with E-state index in [-0.39, 0.29) is 39.3 Å². The maximum atomic E-state index is 13.8. The van der Waals surface area contributed by atoms with Crippen LogP contribution in [0.5, 0.6) is 0 Å². The van der Waals surface area contributed by atoms with Crippen LogP contribution in [0.25, 0.3) is 0 Å². The summed E-state index contributed by atoms with van der Waals surface area (Å²) in [6, 6.07) is -10.0. The lowest BCUT2D eigenvalue weighted by atomic mass is 10.2. The molecule has 46 heavy (non-hydrogen) atoms. The van der Waals surface area contributed by atoms with Crippen LogP contribution in [0.15, 0.2) is 72.9 Å². The van der Waals surface area contributed by atoms with Crippen molar-refractivity contribution < 1.29 is 49.2 Å². The summed E-state index contributed by atoms with van der Waals surface area (Å²) in [4.78, 5) is 80.8. The lowest BCUT2D eigenvalue weighted by Crippen LogP contribution is -2.79. The normalized spacial score (nSPS) is 17.9. The molecule has 8 amide bonds. The number of hydrogen-bond acceptors (Lipinski definition) is 10. The summed E-state index contributed by atoms with van der Waals surface area (Å²) >= 11 is 0. The Morgan fingerprint density at radius 1 is 0.478 bits per heavy atom. The minimum atomic E-state index is -2.96. The highest BCUT2D eigenvalue weighted by molar-refractivity contribution is 5.97. The van der Waals surface area contributed by atoms with Gasteiger partial charge in [-0.05, 0) is 41.5 Å². The molecule has 0 aromatic carbocycles. The van der Waals surface area contributed by atoms with Crippen LogP contribution in [0.1, 0.15) is 41.5 Å². The molecule has 2 heterocycles. The van der Waals surface area contributed by atoms with Crippen molar-refractivity contribution in [3.05, 3.63) is 72.9 Å². The third-order valence-corrected chi connectivity index (χ3v) is 6.28. The maximum absolute atomic E-state index is 13.8. The monoisotopic (exact) mass is 648 g/mol. The standard InChI is InChI=1S/C30H44N6O10/c1-19(2)13-31-25(37)33(15-21(5)6)29(43-41,34(26(31)38)16-22(7)8)45-46-30(44-42)35(17-23(9)10)27(39)32(14-20(3)4)28(40)36(30)18-24(11)12/h41-42H,1,3,5,7,9,11,13-18H2,2,4,6,8,10,12H3. The van der Waals surface area contributed by atoms with Gasteiger partial charge in [0.15, 0.2) is 0 Å². The molecule has 0 aliphatic carbocycles. The Morgan fingerprint density at radius 3 is 0.826 bits per heavy atom. The molecule has 0 unspecified atom stereocenters. The minimum absolute atomic E-state index is 0.219. The van der Waals surface area contributed by atoms with Gasteiger partial charge in [0.05, 0.1) is 39.3 Å². The molecule has 0 spiro atoms. The van der Waals surface area contributed by atoms with Crippen molar-refractivity contribution in [3.8, 4) is 0 Å². The molecule has 2 rings (SSSR count). The molecule has 2 aliphatic rings. The number of amides is 8. The number of carbonyl (C=O) groups is 4. The van der Waals surface area contributed by atoms with Gasteiger partial charge in [0.2, 0.25) is 0 Å². The van der Waals surface area contributed by atoms with Gasteiger partial charge in [-0.2, -0.15) is 9.78 Å². The predicted molar refractivity (Wildman–Crippen MR) is 166 cm³/mol. The fraction of sp³-hybridized carbons (Fsp3) is 0.467. The van der Waals surface area contributed by atoms with E-state index in [9.17, 15) is 29.7 Å². The van der Waals surface area contributed by atoms with Crippen molar-refractivity contribution >= 4 is 24.1 Å². The second kappa shape index (κ2) is 14.8. The molecule has 2 saturated heterocycles. The largest absolute Gasteiger partial charge is 0.404 e. The van der Waals surface area contributed by atoms with Crippen LogP contribution in [0, 0.1) is 0 Å². The zero-order valence-electron chi connectivity index (χ0n) is 27.3. The van der Waals surface area contributed by atoms with E-state index in [1.54, 1.807) is 41.5 Å². The molecule has 0 aromatic rings. The molecule has 2 N–H and O–H groups in total. The molecule has 2 aliphatic heterocycles. The summed E-state index contributed by atoms with van der Waals surface area (Å²) in [6.07, 6.45) is 0. The number of imide groups is 2. The van der Waals surface area contributed by atoms with Crippen molar-refractivity contribution in [3.63, 3.8) is 0 Å². The average molecular weight is 649 g/mol. The highest BCUT2D eigenvalue weighted by Crippen LogP contribution is 2.38. The maximum Gasteiger partial charge on any atom is 0.404 e. The Morgan fingerprint density at radius 2 is 0.674 bits per heavy atom. The van der Waals surface area contributed by atoms with E-state index in [4.69, 9.17) is 19.6 Å². The van der Waals surface area contributed by atoms with E-state index in [0.717, 1.165) is 29.4 Å². The van der Waals surface area contributed by atoms with Gasteiger partial charge in [-0.3, -0.25) is 0 Å². The van der Waals surface area contributed by atoms with Gasteiger partial charge in [0.1, 0.15) is 0 Å². The van der Waals surface area contributed by atoms with E-state index in [1.807, 2.05) is 0 Å². The Labute approximate surface area is 268 Å². The van der Waals surface area contributed by atoms with Crippen molar-refractivity contribution in [1.29, 1.82) is 0 Å². The second-order valence-electron chi connectivity index (χ2n) is 11.8. The molecule has 0 radical (unpaired) electrons. The minimum Gasteiger partial charge on any atom is -0.248 e. The summed E-state index contributed by atoms with van der Waals surface area (Å²) in [5, 5.41) is 20.9. The summed E-state index contributed by atoms with van der Waals surface area (Å²) in [7, 11) is 0. The smallest absolute Gasteiger partial charge is 0.248 e. The van der Waals surface area contributed by atoms with Crippen LogP contribution in [-0.2, 0) is 19.6 Å². The van der Waals surface area contributed by atoms with Crippen LogP contribution in [-0.4, -0.2) is 115 Å². The SMILES string of the molecule is C=C(C)CN1C(=O)N(CC(=C)C)C(OO)(OOC2(OO)N(CC(=C)C)C(=O)N(CC(=C)C)C(=O)N2CC(=C)C)N(CC(=C)C)C1=O. The Hall–Kier alpha value is -4.32. The molecule has 2 fully saturated rings. The van der Waals surface area contributed by atoms with Crippen LogP contribution >= 0.6 is 0 Å². The second-order valence-corrected chi connectivity index (χ2v) is 11.8. The summed E-state index contributed by atoms with van der Waals surface area (Å²) < 4.78 is 0. The highest BCUT2D eigenvalue weighted by atomic mass is 17.3. The summed E-state index contributed by atoms with van der Waals surface area (Å²) in [5.41, 5.74) is 2.27. The quantitative estimate of drug-likeness (QED) is 0.0958. The van der Waals surface area contributed by atoms with Gasteiger partial charge in [-0.25, -0.2) is 59.1 Å².